The van der Waals surface area contributed by atoms with Crippen LogP contribution in [0.1, 0.15) is 26.7 Å². The third-order valence-electron chi connectivity index (χ3n) is 6.72. The molecule has 0 aromatic carbocycles. The largest absolute Gasteiger partial charge is 2.00 e. The van der Waals surface area contributed by atoms with Crippen LogP contribution in [0.25, 0.3) is 0 Å². The van der Waals surface area contributed by atoms with Gasteiger partial charge in [-0.2, -0.15) is 0 Å². The van der Waals surface area contributed by atoms with Crippen LogP contribution in [-0.2, 0) is 26.0 Å². The van der Waals surface area contributed by atoms with Gasteiger partial charge in [0.15, 0.2) is 0 Å². The van der Waals surface area contributed by atoms with E-state index in [-0.39, 0.29) is 69.6 Å². The molecule has 4 heterocycles. The van der Waals surface area contributed by atoms with Crippen LogP contribution in [0.3, 0.4) is 0 Å². The highest BCUT2D eigenvalue weighted by molar-refractivity contribution is 8.03. The van der Waals surface area contributed by atoms with Crippen molar-refractivity contribution in [2.75, 3.05) is 19.6 Å². The van der Waals surface area contributed by atoms with Crippen LogP contribution < -0.4 is 23.0 Å². The number of thioether (sulfide) groups is 1. The van der Waals surface area contributed by atoms with Gasteiger partial charge in [0.2, 0.25) is 5.91 Å². The lowest BCUT2D eigenvalue weighted by molar-refractivity contribution is -0.163. The fourth-order valence-electron chi connectivity index (χ4n) is 5.24. The molecule has 3 saturated heterocycles. The zero-order valence-corrected chi connectivity index (χ0v) is 19.3. The van der Waals surface area contributed by atoms with Crippen LogP contribution >= 0.6 is 11.8 Å². The Balaban J connectivity index is 0.00000240. The second-order valence-electron chi connectivity index (χ2n) is 8.51. The number of hydrogen-bond donors (Lipinski definition) is 5. The summed E-state index contributed by atoms with van der Waals surface area (Å²) in [6, 6.07) is -0.265. The first kappa shape index (κ1) is 31.0. The van der Waals surface area contributed by atoms with Crippen molar-refractivity contribution in [1.29, 1.82) is 0 Å². The first-order valence-electron chi connectivity index (χ1n) is 10.1. The van der Waals surface area contributed by atoms with Gasteiger partial charge in [0, 0.05) is 41.1 Å². The number of nitrogens with zero attached hydrogens (tertiary/aromatic N) is 1. The molecule has 8 atom stereocenters. The molecule has 4 aliphatic rings. The van der Waals surface area contributed by atoms with Crippen LogP contribution in [0.15, 0.2) is 10.6 Å². The van der Waals surface area contributed by atoms with E-state index in [0.29, 0.717) is 6.54 Å². The SMILES string of the molecule is C[C@@H](O)C1C(=O)N2C(C(=O)O)=C(SC3CN[C@H]([C@H](O)[C@@H]4CCNC4)C3)[C@H](C)C12.[Cl-].[O-2].[O-2].[O-2]. The van der Waals surface area contributed by atoms with Crippen molar-refractivity contribution < 1.29 is 53.7 Å². The first-order valence-corrected chi connectivity index (χ1v) is 11.0. The molecule has 4 aliphatic heterocycles. The van der Waals surface area contributed by atoms with E-state index in [9.17, 15) is 24.9 Å². The summed E-state index contributed by atoms with van der Waals surface area (Å²) in [7, 11) is 0. The summed E-state index contributed by atoms with van der Waals surface area (Å²) in [4.78, 5) is 26.4. The minimum absolute atomic E-state index is 0. The lowest BCUT2D eigenvalue weighted by Gasteiger charge is -2.46. The van der Waals surface area contributed by atoms with Crippen LogP contribution in [-0.4, -0.2) is 81.3 Å². The zero-order chi connectivity index (χ0) is 20.2. The van der Waals surface area contributed by atoms with Gasteiger partial charge in [0.1, 0.15) is 5.70 Å². The van der Waals surface area contributed by atoms with Crippen molar-refractivity contribution in [3.8, 4) is 0 Å². The number of carbonyl (C=O) groups is 2. The third-order valence-corrected chi connectivity index (χ3v) is 8.23. The molecule has 3 unspecified atom stereocenters. The highest BCUT2D eigenvalue weighted by Crippen LogP contribution is 2.51. The number of aliphatic hydroxyl groups excluding tert-OH is 2. The van der Waals surface area contributed by atoms with Crippen molar-refractivity contribution in [3.05, 3.63) is 10.6 Å². The average molecular weight is 495 g/mol. The highest BCUT2D eigenvalue weighted by Gasteiger charge is 2.60. The molecular weight excluding hydrogens is 466 g/mol. The number of carboxylic acids is 1. The number of aliphatic hydroxyl groups is 2. The van der Waals surface area contributed by atoms with Crippen LogP contribution in [0.2, 0.25) is 0 Å². The fraction of sp³-hybridized carbons (Fsp3) is 0.789. The molecule has 188 valence electrons. The molecule has 0 aromatic rings. The van der Waals surface area contributed by atoms with Crippen molar-refractivity contribution >= 4 is 23.6 Å². The van der Waals surface area contributed by atoms with E-state index < -0.39 is 24.1 Å². The number of aliphatic carboxylic acids is 1. The Morgan fingerprint density at radius 3 is 2.41 bits per heavy atom. The van der Waals surface area contributed by atoms with Gasteiger partial charge < -0.3 is 59.7 Å². The molecule has 13 heteroatoms. The summed E-state index contributed by atoms with van der Waals surface area (Å²) in [5.41, 5.74) is 0.0772. The smallest absolute Gasteiger partial charge is 0.353 e. The number of rotatable bonds is 6. The molecular formula is C19H29ClN3O8S-7. The van der Waals surface area contributed by atoms with Gasteiger partial charge in [0.25, 0.3) is 0 Å². The maximum atomic E-state index is 12.4. The van der Waals surface area contributed by atoms with E-state index in [1.807, 2.05) is 6.92 Å². The molecule has 1 amide bonds. The molecule has 0 radical (unpaired) electrons. The number of nitrogens with one attached hydrogen (secondary N) is 2. The molecule has 11 nitrogen and oxygen atoms in total. The van der Waals surface area contributed by atoms with Gasteiger partial charge >= 0.3 is 5.97 Å². The quantitative estimate of drug-likeness (QED) is 0.231. The lowest BCUT2D eigenvalue weighted by atomic mass is 9.79. The summed E-state index contributed by atoms with van der Waals surface area (Å²) in [6.07, 6.45) is 0.547. The average Bonchev–Trinajstić information content (AvgIpc) is 3.35. The third kappa shape index (κ3) is 5.08. The molecule has 3 fully saturated rings. The summed E-state index contributed by atoms with van der Waals surface area (Å²) in [6.45, 7) is 6.00. The summed E-state index contributed by atoms with van der Waals surface area (Å²) in [5, 5.41) is 37.2. The van der Waals surface area contributed by atoms with Crippen LogP contribution in [0.5, 0.6) is 0 Å². The Kier molecular flexibility index (Phi) is 11.6. The van der Waals surface area contributed by atoms with E-state index in [1.54, 1.807) is 6.92 Å². The number of hydrogen-bond acceptors (Lipinski definition) is 7. The molecule has 4 rings (SSSR count). The highest BCUT2D eigenvalue weighted by atomic mass is 35.5. The van der Waals surface area contributed by atoms with Crippen molar-refractivity contribution in [3.63, 3.8) is 0 Å². The van der Waals surface area contributed by atoms with Gasteiger partial charge in [-0.1, -0.05) is 6.92 Å². The number of amides is 1. The number of carboxylic acid groups (broad SMARTS) is 1. The normalized spacial score (nSPS) is 34.9. The number of fused-ring (bicyclic) bond motifs is 1. The Hall–Kier alpha value is -0.960. The van der Waals surface area contributed by atoms with Gasteiger partial charge in [-0.25, -0.2) is 4.79 Å². The van der Waals surface area contributed by atoms with Crippen molar-refractivity contribution in [1.82, 2.24) is 15.5 Å². The van der Waals surface area contributed by atoms with Crippen LogP contribution in [0, 0.1) is 17.8 Å². The minimum atomic E-state index is -1.09. The first-order chi connectivity index (χ1) is 13.3. The molecule has 0 aromatic heterocycles. The van der Waals surface area contributed by atoms with E-state index >= 15 is 0 Å². The van der Waals surface area contributed by atoms with E-state index in [1.165, 1.54) is 16.7 Å². The number of carbonyl (C=O) groups excluding carboxylic acids is 1. The van der Waals surface area contributed by atoms with Gasteiger partial charge in [0.05, 0.1) is 24.2 Å². The minimum Gasteiger partial charge on any atom is -2.00 e. The van der Waals surface area contributed by atoms with E-state index in [4.69, 9.17) is 0 Å². The second-order valence-corrected chi connectivity index (χ2v) is 9.85. The summed E-state index contributed by atoms with van der Waals surface area (Å²) in [5.74, 6) is -1.78. The van der Waals surface area contributed by atoms with Gasteiger partial charge in [-0.05, 0) is 26.3 Å². The summed E-state index contributed by atoms with van der Waals surface area (Å²) >= 11 is 1.52. The molecule has 0 bridgehead atoms. The molecule has 32 heavy (non-hydrogen) atoms. The molecule has 0 saturated carbocycles. The monoisotopic (exact) mass is 494 g/mol. The molecule has 0 spiro atoms. The van der Waals surface area contributed by atoms with E-state index in [2.05, 4.69) is 10.6 Å². The topological polar surface area (TPSA) is 208 Å². The van der Waals surface area contributed by atoms with Crippen molar-refractivity contribution in [2.24, 2.45) is 17.8 Å². The van der Waals surface area contributed by atoms with Gasteiger partial charge in [-0.15, -0.1) is 11.8 Å². The second kappa shape index (κ2) is 12.0. The molecule has 0 aliphatic carbocycles. The predicted octanol–water partition coefficient (Wildman–Crippen LogP) is -3.78. The standard InChI is InChI=1S/C19H29N3O5S.ClH.3O/c1-8-14-13(9(2)23)18(25)22(14)15(19(26)27)17(8)28-11-5-12(21-7-11)16(24)10-3-4-20-6-10;;;;/h8-14,16,20-21,23-24H,3-7H2,1-2H3,(H,26,27);1H;;;/q;;3*-2/p-1/t8-,9-,10-,11?,12+,13?,14?,16-;;;;/m1..../s1. The maximum absolute atomic E-state index is 12.4. The Morgan fingerprint density at radius 1 is 1.22 bits per heavy atom. The fourth-order valence-corrected chi connectivity index (χ4v) is 6.73. The maximum Gasteiger partial charge on any atom is 0.353 e. The molecule has 5 N–H and O–H groups in total. The Bertz CT molecular complexity index is 706. The summed E-state index contributed by atoms with van der Waals surface area (Å²) < 4.78 is 0. The predicted molar refractivity (Wildman–Crippen MR) is 106 cm³/mol. The lowest BCUT2D eigenvalue weighted by Crippen LogP contribution is -3.00. The van der Waals surface area contributed by atoms with Crippen molar-refractivity contribution in [2.45, 2.75) is 56.2 Å². The Labute approximate surface area is 197 Å². The van der Waals surface area contributed by atoms with Gasteiger partial charge in [-0.3, -0.25) is 4.79 Å². The number of β-lactam (4-membered cyclic amide) rings is 1. The zero-order valence-electron chi connectivity index (χ0n) is 17.8. The Morgan fingerprint density at radius 2 is 1.88 bits per heavy atom. The van der Waals surface area contributed by atoms with E-state index in [0.717, 1.165) is 30.8 Å². The van der Waals surface area contributed by atoms with Crippen LogP contribution in [0.4, 0.5) is 0 Å². The number of halogens is 1.